The summed E-state index contributed by atoms with van der Waals surface area (Å²) in [5, 5.41) is 5.13. The van der Waals surface area contributed by atoms with Gasteiger partial charge in [0.2, 0.25) is 0 Å². The number of hydrogen-bond acceptors (Lipinski definition) is 2. The highest BCUT2D eigenvalue weighted by molar-refractivity contribution is 7.26. The quantitative estimate of drug-likeness (QED) is 0.158. The van der Waals surface area contributed by atoms with E-state index in [9.17, 15) is 0 Å². The van der Waals surface area contributed by atoms with E-state index in [0.29, 0.717) is 0 Å². The Morgan fingerprint density at radius 1 is 0.333 bits per heavy atom. The first-order chi connectivity index (χ1) is 28.3. The van der Waals surface area contributed by atoms with Gasteiger partial charge >= 0.3 is 0 Å². The van der Waals surface area contributed by atoms with Crippen molar-refractivity contribution in [2.45, 2.75) is 0 Å². The Morgan fingerprint density at radius 2 is 0.842 bits per heavy atom. The predicted molar refractivity (Wildman–Crippen MR) is 245 cm³/mol. The Kier molecular flexibility index (Phi) is 8.04. The summed E-state index contributed by atoms with van der Waals surface area (Å²) in [6.45, 7) is 0. The lowest BCUT2D eigenvalue weighted by Gasteiger charge is -2.27. The minimum absolute atomic E-state index is 1.09. The van der Waals surface area contributed by atoms with Gasteiger partial charge in [-0.1, -0.05) is 146 Å². The van der Waals surface area contributed by atoms with Crippen molar-refractivity contribution in [1.29, 1.82) is 0 Å². The Morgan fingerprint density at radius 3 is 1.51 bits per heavy atom. The number of rotatable bonds is 7. The highest BCUT2D eigenvalue weighted by atomic mass is 32.1. The Bertz CT molecular complexity index is 3160. The lowest BCUT2D eigenvalue weighted by Crippen LogP contribution is -2.10. The molecule has 0 radical (unpaired) electrons. The maximum atomic E-state index is 2.41. The second kappa shape index (κ2) is 13.8. The van der Waals surface area contributed by atoms with Crippen molar-refractivity contribution < 1.29 is 0 Å². The number of thiophene rings is 1. The SMILES string of the molecule is c1ccc(-c2ccc(N(c3ccc(-n4c5ccccc5c5ccccc54)cc3)c3cc(-c4ccccc4)cc(-c4cccc5c4sc4ccccc45)c3)cc2)cc1. The molecule has 11 aromatic rings. The number of aromatic nitrogens is 1. The standard InChI is InChI=1S/C54H36N2S/c1-3-14-37(15-4-1)39-26-28-42(29-27-39)55(43-30-32-44(33-31-43)56-51-23-10-7-18-47(51)48-19-8-11-24-52(48)56)45-35-40(38-16-5-2-6-17-38)34-41(36-45)46-21-13-22-50-49-20-9-12-25-53(49)57-54(46)50/h1-36H. The number of anilines is 3. The largest absolute Gasteiger partial charge is 0.310 e. The van der Waals surface area contributed by atoms with Crippen molar-refractivity contribution in [3.8, 4) is 39.1 Å². The van der Waals surface area contributed by atoms with Crippen LogP contribution in [0.1, 0.15) is 0 Å². The number of para-hydroxylation sites is 2. The second-order valence-corrected chi connectivity index (χ2v) is 15.6. The molecule has 2 aromatic heterocycles. The third kappa shape index (κ3) is 5.80. The molecule has 0 fully saturated rings. The molecule has 0 N–H and O–H groups in total. The molecular weight excluding hydrogens is 709 g/mol. The van der Waals surface area contributed by atoms with Gasteiger partial charge in [0.1, 0.15) is 0 Å². The smallest absolute Gasteiger partial charge is 0.0541 e. The minimum atomic E-state index is 1.09. The van der Waals surface area contributed by atoms with E-state index in [1.54, 1.807) is 0 Å². The molecule has 0 aliphatic heterocycles. The molecular formula is C54H36N2S. The van der Waals surface area contributed by atoms with E-state index in [-0.39, 0.29) is 0 Å². The van der Waals surface area contributed by atoms with Crippen LogP contribution in [0.15, 0.2) is 218 Å². The van der Waals surface area contributed by atoms with E-state index < -0.39 is 0 Å². The molecule has 11 rings (SSSR count). The zero-order valence-electron chi connectivity index (χ0n) is 31.1. The summed E-state index contributed by atoms with van der Waals surface area (Å²) in [5.74, 6) is 0. The van der Waals surface area contributed by atoms with Crippen molar-refractivity contribution in [3.63, 3.8) is 0 Å². The van der Waals surface area contributed by atoms with Crippen molar-refractivity contribution in [2.24, 2.45) is 0 Å². The topological polar surface area (TPSA) is 8.17 Å². The summed E-state index contributed by atoms with van der Waals surface area (Å²) < 4.78 is 5.00. The van der Waals surface area contributed by atoms with E-state index in [1.165, 1.54) is 75.4 Å². The highest BCUT2D eigenvalue weighted by Crippen LogP contribution is 2.44. The van der Waals surface area contributed by atoms with Crippen LogP contribution in [0.25, 0.3) is 81.0 Å². The third-order valence-electron chi connectivity index (χ3n) is 11.2. The van der Waals surface area contributed by atoms with Crippen LogP contribution in [0.5, 0.6) is 0 Å². The third-order valence-corrected chi connectivity index (χ3v) is 12.4. The molecule has 3 heteroatoms. The van der Waals surface area contributed by atoms with Crippen molar-refractivity contribution in [3.05, 3.63) is 218 Å². The maximum Gasteiger partial charge on any atom is 0.0541 e. The molecule has 0 aliphatic rings. The van der Waals surface area contributed by atoms with Gasteiger partial charge in [-0.15, -0.1) is 11.3 Å². The van der Waals surface area contributed by atoms with Gasteiger partial charge in [0.25, 0.3) is 0 Å². The van der Waals surface area contributed by atoms with Gasteiger partial charge in [-0.05, 0) is 106 Å². The van der Waals surface area contributed by atoms with E-state index in [1.807, 2.05) is 11.3 Å². The molecule has 0 saturated carbocycles. The Balaban J connectivity index is 1.11. The lowest BCUT2D eigenvalue weighted by atomic mass is 9.96. The minimum Gasteiger partial charge on any atom is -0.310 e. The Labute approximate surface area is 335 Å². The monoisotopic (exact) mass is 744 g/mol. The molecule has 0 saturated heterocycles. The lowest BCUT2D eigenvalue weighted by molar-refractivity contribution is 1.17. The van der Waals surface area contributed by atoms with E-state index in [0.717, 1.165) is 22.7 Å². The van der Waals surface area contributed by atoms with Crippen molar-refractivity contribution in [1.82, 2.24) is 4.57 Å². The summed E-state index contributed by atoms with van der Waals surface area (Å²) in [6, 6.07) is 79.4. The van der Waals surface area contributed by atoms with Crippen molar-refractivity contribution in [2.75, 3.05) is 4.90 Å². The van der Waals surface area contributed by atoms with E-state index >= 15 is 0 Å². The predicted octanol–water partition coefficient (Wildman–Crippen LogP) is 15.6. The Hall–Kier alpha value is -7.20. The first kappa shape index (κ1) is 33.2. The molecule has 9 aromatic carbocycles. The molecule has 0 spiro atoms. The molecule has 0 unspecified atom stereocenters. The molecule has 57 heavy (non-hydrogen) atoms. The van der Waals surface area contributed by atoms with E-state index in [2.05, 4.69) is 228 Å². The summed E-state index contributed by atoms with van der Waals surface area (Å²) in [4.78, 5) is 2.41. The molecule has 2 heterocycles. The van der Waals surface area contributed by atoms with Crippen LogP contribution < -0.4 is 4.90 Å². The highest BCUT2D eigenvalue weighted by Gasteiger charge is 2.19. The maximum absolute atomic E-state index is 2.41. The van der Waals surface area contributed by atoms with Crippen LogP contribution in [0.4, 0.5) is 17.1 Å². The number of benzene rings is 9. The zero-order chi connectivity index (χ0) is 37.7. The van der Waals surface area contributed by atoms with Crippen LogP contribution >= 0.6 is 11.3 Å². The fraction of sp³-hybridized carbons (Fsp3) is 0. The van der Waals surface area contributed by atoms with Crippen LogP contribution in [0.2, 0.25) is 0 Å². The van der Waals surface area contributed by atoms with E-state index in [4.69, 9.17) is 0 Å². The molecule has 0 amide bonds. The normalized spacial score (nSPS) is 11.5. The first-order valence-corrected chi connectivity index (χ1v) is 20.2. The second-order valence-electron chi connectivity index (χ2n) is 14.5. The van der Waals surface area contributed by atoms with Crippen LogP contribution in [0.3, 0.4) is 0 Å². The van der Waals surface area contributed by atoms with Gasteiger partial charge in [0.05, 0.1) is 11.0 Å². The average Bonchev–Trinajstić information content (AvgIpc) is 3.84. The molecule has 0 atom stereocenters. The zero-order valence-corrected chi connectivity index (χ0v) is 31.9. The molecule has 0 aliphatic carbocycles. The van der Waals surface area contributed by atoms with Crippen LogP contribution in [-0.4, -0.2) is 4.57 Å². The van der Waals surface area contributed by atoms with Gasteiger partial charge in [-0.3, -0.25) is 0 Å². The number of hydrogen-bond donors (Lipinski definition) is 0. The van der Waals surface area contributed by atoms with Crippen LogP contribution in [0, 0.1) is 0 Å². The van der Waals surface area contributed by atoms with Crippen LogP contribution in [-0.2, 0) is 0 Å². The van der Waals surface area contributed by atoms with Gasteiger partial charge < -0.3 is 9.47 Å². The van der Waals surface area contributed by atoms with Gasteiger partial charge in [0, 0.05) is 53.7 Å². The number of nitrogens with zero attached hydrogens (tertiary/aromatic N) is 2. The fourth-order valence-electron chi connectivity index (χ4n) is 8.50. The van der Waals surface area contributed by atoms with Gasteiger partial charge in [-0.25, -0.2) is 0 Å². The molecule has 268 valence electrons. The summed E-state index contributed by atoms with van der Waals surface area (Å²) in [5.41, 5.74) is 14.0. The summed E-state index contributed by atoms with van der Waals surface area (Å²) in [7, 11) is 0. The van der Waals surface area contributed by atoms with Gasteiger partial charge in [0.15, 0.2) is 0 Å². The number of fused-ring (bicyclic) bond motifs is 6. The molecule has 0 bridgehead atoms. The fourth-order valence-corrected chi connectivity index (χ4v) is 9.74. The summed E-state index contributed by atoms with van der Waals surface area (Å²) in [6.07, 6.45) is 0. The molecule has 2 nitrogen and oxygen atoms in total. The van der Waals surface area contributed by atoms with Crippen molar-refractivity contribution >= 4 is 70.4 Å². The summed E-state index contributed by atoms with van der Waals surface area (Å²) >= 11 is 1.88. The first-order valence-electron chi connectivity index (χ1n) is 19.4. The van der Waals surface area contributed by atoms with Gasteiger partial charge in [-0.2, -0.15) is 0 Å². The average molecular weight is 745 g/mol.